The van der Waals surface area contributed by atoms with Gasteiger partial charge in [0.1, 0.15) is 11.6 Å². The molecular formula is C22H20F2N2O3S. The van der Waals surface area contributed by atoms with Gasteiger partial charge in [-0.2, -0.15) is 0 Å². The molecule has 0 bridgehead atoms. The SMILES string of the molecule is CS(=O)(=O)N(Cc1ccc(C(=O)NCc2ccc(F)cc2)cc1)c1ccccc1F. The van der Waals surface area contributed by atoms with Crippen LogP contribution in [0, 0.1) is 11.6 Å². The molecule has 0 saturated heterocycles. The number of nitrogens with zero attached hydrogens (tertiary/aromatic N) is 1. The molecule has 0 saturated carbocycles. The maximum atomic E-state index is 14.1. The maximum Gasteiger partial charge on any atom is 0.251 e. The number of halogens is 2. The van der Waals surface area contributed by atoms with Gasteiger partial charge in [0.25, 0.3) is 5.91 Å². The Balaban J connectivity index is 1.70. The molecule has 156 valence electrons. The molecule has 30 heavy (non-hydrogen) atoms. The van der Waals surface area contributed by atoms with Crippen LogP contribution in [0.25, 0.3) is 0 Å². The summed E-state index contributed by atoms with van der Waals surface area (Å²) >= 11 is 0. The van der Waals surface area contributed by atoms with E-state index in [1.54, 1.807) is 42.5 Å². The molecule has 0 aliphatic heterocycles. The Labute approximate surface area is 174 Å². The number of hydrogen-bond acceptors (Lipinski definition) is 3. The Morgan fingerprint density at radius 2 is 1.50 bits per heavy atom. The lowest BCUT2D eigenvalue weighted by atomic mass is 10.1. The summed E-state index contributed by atoms with van der Waals surface area (Å²) in [6, 6.07) is 17.8. The van der Waals surface area contributed by atoms with Crippen molar-refractivity contribution in [2.45, 2.75) is 13.1 Å². The molecule has 0 heterocycles. The fourth-order valence-corrected chi connectivity index (χ4v) is 3.74. The molecule has 8 heteroatoms. The first-order valence-electron chi connectivity index (χ1n) is 9.08. The highest BCUT2D eigenvalue weighted by molar-refractivity contribution is 7.92. The lowest BCUT2D eigenvalue weighted by molar-refractivity contribution is 0.0951. The van der Waals surface area contributed by atoms with Crippen molar-refractivity contribution in [3.63, 3.8) is 0 Å². The van der Waals surface area contributed by atoms with E-state index in [0.29, 0.717) is 11.1 Å². The van der Waals surface area contributed by atoms with Crippen molar-refractivity contribution in [3.05, 3.63) is 101 Å². The third-order valence-electron chi connectivity index (χ3n) is 4.43. The van der Waals surface area contributed by atoms with E-state index in [4.69, 9.17) is 0 Å². The third kappa shape index (κ3) is 5.42. The number of carbonyl (C=O) groups excluding carboxylic acids is 1. The fraction of sp³-hybridized carbons (Fsp3) is 0.136. The topological polar surface area (TPSA) is 66.5 Å². The van der Waals surface area contributed by atoms with Crippen LogP contribution in [-0.2, 0) is 23.1 Å². The molecule has 0 radical (unpaired) electrons. The van der Waals surface area contributed by atoms with Gasteiger partial charge in [-0.1, -0.05) is 36.4 Å². The van der Waals surface area contributed by atoms with Gasteiger partial charge in [0.15, 0.2) is 0 Å². The molecular weight excluding hydrogens is 410 g/mol. The van der Waals surface area contributed by atoms with E-state index in [-0.39, 0.29) is 30.5 Å². The van der Waals surface area contributed by atoms with E-state index in [0.717, 1.165) is 16.1 Å². The van der Waals surface area contributed by atoms with Gasteiger partial charge in [-0.15, -0.1) is 0 Å². The lowest BCUT2D eigenvalue weighted by Gasteiger charge is -2.23. The van der Waals surface area contributed by atoms with E-state index < -0.39 is 15.8 Å². The Hall–Kier alpha value is -3.26. The van der Waals surface area contributed by atoms with Crippen LogP contribution in [0.4, 0.5) is 14.5 Å². The Kier molecular flexibility index (Phi) is 6.47. The number of sulfonamides is 1. The van der Waals surface area contributed by atoms with Gasteiger partial charge < -0.3 is 5.32 Å². The van der Waals surface area contributed by atoms with Crippen molar-refractivity contribution in [1.82, 2.24) is 5.32 Å². The summed E-state index contributed by atoms with van der Waals surface area (Å²) in [6.45, 7) is 0.174. The van der Waals surface area contributed by atoms with Crippen LogP contribution < -0.4 is 9.62 Å². The Morgan fingerprint density at radius 1 is 0.900 bits per heavy atom. The van der Waals surface area contributed by atoms with Crippen molar-refractivity contribution < 1.29 is 22.0 Å². The first kappa shape index (κ1) is 21.4. The summed E-state index contributed by atoms with van der Waals surface area (Å²) in [5.74, 6) is -1.31. The molecule has 5 nitrogen and oxygen atoms in total. The van der Waals surface area contributed by atoms with Gasteiger partial charge in [0.2, 0.25) is 10.0 Å². The molecule has 0 unspecified atom stereocenters. The van der Waals surface area contributed by atoms with E-state index in [1.807, 2.05) is 0 Å². The number of benzene rings is 3. The van der Waals surface area contributed by atoms with E-state index in [9.17, 15) is 22.0 Å². The van der Waals surface area contributed by atoms with Crippen LogP contribution in [-0.4, -0.2) is 20.6 Å². The van der Waals surface area contributed by atoms with Crippen molar-refractivity contribution in [2.75, 3.05) is 10.6 Å². The van der Waals surface area contributed by atoms with Gasteiger partial charge in [-0.3, -0.25) is 9.10 Å². The van der Waals surface area contributed by atoms with Crippen LogP contribution in [0.15, 0.2) is 72.8 Å². The minimum Gasteiger partial charge on any atom is -0.348 e. The standard InChI is InChI=1S/C22H20F2N2O3S/c1-30(28,29)26(21-5-3-2-4-20(21)24)15-17-6-10-18(11-7-17)22(27)25-14-16-8-12-19(23)13-9-16/h2-13H,14-15H2,1H3,(H,25,27). The van der Waals surface area contributed by atoms with Crippen LogP contribution in [0.5, 0.6) is 0 Å². The largest absolute Gasteiger partial charge is 0.348 e. The average Bonchev–Trinajstić information content (AvgIpc) is 2.72. The van der Waals surface area contributed by atoms with Crippen molar-refractivity contribution in [2.24, 2.45) is 0 Å². The summed E-state index contributed by atoms with van der Waals surface area (Å²) < 4.78 is 52.4. The zero-order valence-electron chi connectivity index (χ0n) is 16.2. The Morgan fingerprint density at radius 3 is 2.10 bits per heavy atom. The molecule has 1 N–H and O–H groups in total. The molecule has 1 amide bonds. The fourth-order valence-electron chi connectivity index (χ4n) is 2.85. The van der Waals surface area contributed by atoms with Gasteiger partial charge in [0.05, 0.1) is 18.5 Å². The summed E-state index contributed by atoms with van der Waals surface area (Å²) in [7, 11) is -3.72. The average molecular weight is 430 g/mol. The normalized spacial score (nSPS) is 11.2. The molecule has 0 aromatic heterocycles. The van der Waals surface area contributed by atoms with Gasteiger partial charge in [-0.05, 0) is 47.5 Å². The minimum absolute atomic E-state index is 0.0406. The van der Waals surface area contributed by atoms with E-state index in [2.05, 4.69) is 5.32 Å². The van der Waals surface area contributed by atoms with Gasteiger partial charge in [-0.25, -0.2) is 17.2 Å². The van der Waals surface area contributed by atoms with Gasteiger partial charge in [0, 0.05) is 12.1 Å². The van der Waals surface area contributed by atoms with Crippen LogP contribution in [0.1, 0.15) is 21.5 Å². The molecule has 3 rings (SSSR count). The molecule has 0 aliphatic carbocycles. The molecule has 3 aromatic rings. The van der Waals surface area contributed by atoms with Gasteiger partial charge >= 0.3 is 0 Å². The third-order valence-corrected chi connectivity index (χ3v) is 5.56. The van der Waals surface area contributed by atoms with Crippen LogP contribution in [0.3, 0.4) is 0 Å². The second kappa shape index (κ2) is 9.04. The molecule has 0 spiro atoms. The lowest BCUT2D eigenvalue weighted by Crippen LogP contribution is -2.30. The summed E-state index contributed by atoms with van der Waals surface area (Å²) in [4.78, 5) is 12.3. The predicted molar refractivity (Wildman–Crippen MR) is 111 cm³/mol. The Bertz CT molecular complexity index is 1130. The molecule has 0 atom stereocenters. The van der Waals surface area contributed by atoms with E-state index in [1.165, 1.54) is 30.3 Å². The molecule has 3 aromatic carbocycles. The molecule has 0 fully saturated rings. The zero-order valence-corrected chi connectivity index (χ0v) is 17.0. The van der Waals surface area contributed by atoms with Crippen LogP contribution >= 0.6 is 0 Å². The number of para-hydroxylation sites is 1. The zero-order chi connectivity index (χ0) is 21.7. The number of nitrogens with one attached hydrogen (secondary N) is 1. The number of hydrogen-bond donors (Lipinski definition) is 1. The summed E-state index contributed by atoms with van der Waals surface area (Å²) in [5, 5.41) is 2.74. The smallest absolute Gasteiger partial charge is 0.251 e. The van der Waals surface area contributed by atoms with Crippen LogP contribution in [0.2, 0.25) is 0 Å². The van der Waals surface area contributed by atoms with E-state index >= 15 is 0 Å². The first-order valence-corrected chi connectivity index (χ1v) is 10.9. The summed E-state index contributed by atoms with van der Waals surface area (Å²) in [5.41, 5.74) is 1.70. The quantitative estimate of drug-likeness (QED) is 0.619. The number of carbonyl (C=O) groups is 1. The van der Waals surface area contributed by atoms with Crippen molar-refractivity contribution >= 4 is 21.6 Å². The van der Waals surface area contributed by atoms with Crippen molar-refractivity contribution in [1.29, 1.82) is 0 Å². The predicted octanol–water partition coefficient (Wildman–Crippen LogP) is 3.86. The first-order chi connectivity index (χ1) is 14.2. The summed E-state index contributed by atoms with van der Waals surface area (Å²) in [6.07, 6.45) is 1.01. The second-order valence-corrected chi connectivity index (χ2v) is 8.63. The van der Waals surface area contributed by atoms with Crippen molar-refractivity contribution in [3.8, 4) is 0 Å². The number of anilines is 1. The highest BCUT2D eigenvalue weighted by Gasteiger charge is 2.21. The maximum absolute atomic E-state index is 14.1. The highest BCUT2D eigenvalue weighted by atomic mass is 32.2. The molecule has 0 aliphatic rings. The number of rotatable bonds is 7. The second-order valence-electron chi connectivity index (χ2n) is 6.73. The minimum atomic E-state index is -3.72. The highest BCUT2D eigenvalue weighted by Crippen LogP contribution is 2.23. The monoisotopic (exact) mass is 430 g/mol. The number of amides is 1.